The zero-order valence-electron chi connectivity index (χ0n) is 18.4. The van der Waals surface area contributed by atoms with Crippen molar-refractivity contribution in [1.29, 1.82) is 0 Å². The molecule has 10 heteroatoms. The van der Waals surface area contributed by atoms with Gasteiger partial charge in [0, 0.05) is 32.1 Å². The van der Waals surface area contributed by atoms with E-state index in [0.29, 0.717) is 37.9 Å². The van der Waals surface area contributed by atoms with Crippen LogP contribution in [0.5, 0.6) is 5.75 Å². The molecule has 0 radical (unpaired) electrons. The van der Waals surface area contributed by atoms with Gasteiger partial charge >= 0.3 is 0 Å². The van der Waals surface area contributed by atoms with Crippen LogP contribution in [0.4, 0.5) is 10.8 Å². The molecule has 1 aromatic heterocycles. The Morgan fingerprint density at radius 2 is 1.83 bits per heavy atom. The minimum absolute atomic E-state index is 0.173. The molecule has 0 unspecified atom stereocenters. The Morgan fingerprint density at radius 3 is 2.57 bits per heavy atom. The highest BCUT2D eigenvalue weighted by Gasteiger charge is 2.12. The topological polar surface area (TPSA) is 80.3 Å². The van der Waals surface area contributed by atoms with Crippen LogP contribution < -0.4 is 15.4 Å². The minimum Gasteiger partial charge on any atom is -0.497 e. The van der Waals surface area contributed by atoms with Gasteiger partial charge < -0.3 is 15.4 Å². The first kappa shape index (κ1) is 25.1. The summed E-state index contributed by atoms with van der Waals surface area (Å²) in [4.78, 5) is 30.2. The van der Waals surface area contributed by atoms with Crippen molar-refractivity contribution in [3.05, 3.63) is 87.7 Å². The number of aromatic nitrogens is 1. The van der Waals surface area contributed by atoms with Gasteiger partial charge in [0.05, 0.1) is 23.6 Å². The van der Waals surface area contributed by atoms with Crippen molar-refractivity contribution in [2.45, 2.75) is 4.90 Å². The smallest absolute Gasteiger partial charge is 0.255 e. The molecule has 6 nitrogen and oxygen atoms in total. The predicted molar refractivity (Wildman–Crippen MR) is 144 cm³/mol. The van der Waals surface area contributed by atoms with Crippen molar-refractivity contribution < 1.29 is 14.3 Å². The maximum atomic E-state index is 12.4. The molecule has 4 aromatic rings. The van der Waals surface area contributed by atoms with Crippen LogP contribution in [0.3, 0.4) is 0 Å². The van der Waals surface area contributed by atoms with Crippen molar-refractivity contribution >= 4 is 68.9 Å². The third-order valence-electron chi connectivity index (χ3n) is 4.77. The zero-order valence-corrected chi connectivity index (χ0v) is 21.5. The Morgan fingerprint density at radius 1 is 1.03 bits per heavy atom. The predicted octanol–water partition coefficient (Wildman–Crippen LogP) is 7.11. The zero-order chi connectivity index (χ0) is 24.8. The quantitative estimate of drug-likeness (QED) is 0.231. The van der Waals surface area contributed by atoms with E-state index in [4.69, 9.17) is 27.9 Å². The van der Waals surface area contributed by atoms with Gasteiger partial charge in [0.2, 0.25) is 5.91 Å². The number of anilines is 2. The Hall–Kier alpha value is -3.04. The van der Waals surface area contributed by atoms with E-state index in [1.54, 1.807) is 61.7 Å². The number of hydrogen-bond donors (Lipinski definition) is 2. The third kappa shape index (κ3) is 6.76. The third-order valence-corrected chi connectivity index (χ3v) is 7.09. The number of thioether (sulfide) groups is 1. The molecule has 0 bridgehead atoms. The summed E-state index contributed by atoms with van der Waals surface area (Å²) in [5, 5.41) is 9.03. The molecule has 0 atom stereocenters. The van der Waals surface area contributed by atoms with E-state index < -0.39 is 0 Å². The van der Waals surface area contributed by atoms with Crippen LogP contribution in [-0.2, 0) is 4.79 Å². The molecular formula is C25H19Cl2N3O3S2. The fraction of sp³-hybridized carbons (Fsp3) is 0.0800. The number of nitrogens with zero attached hydrogens (tertiary/aromatic N) is 1. The number of halogens is 2. The molecule has 178 valence electrons. The number of rotatable bonds is 8. The van der Waals surface area contributed by atoms with Crippen LogP contribution >= 0.6 is 46.3 Å². The largest absolute Gasteiger partial charge is 0.497 e. The molecule has 2 N–H and O–H groups in total. The lowest BCUT2D eigenvalue weighted by Gasteiger charge is -2.08. The van der Waals surface area contributed by atoms with E-state index in [1.165, 1.54) is 23.1 Å². The number of methoxy groups -OCH3 is 1. The summed E-state index contributed by atoms with van der Waals surface area (Å²) >= 11 is 14.9. The van der Waals surface area contributed by atoms with E-state index in [1.807, 2.05) is 17.5 Å². The van der Waals surface area contributed by atoms with Crippen molar-refractivity contribution in [3.63, 3.8) is 0 Å². The van der Waals surface area contributed by atoms with E-state index in [0.717, 1.165) is 10.5 Å². The highest BCUT2D eigenvalue weighted by atomic mass is 35.5. The lowest BCUT2D eigenvalue weighted by molar-refractivity contribution is -0.113. The average molecular weight is 544 g/mol. The maximum Gasteiger partial charge on any atom is 0.255 e. The van der Waals surface area contributed by atoms with Crippen LogP contribution in [0.25, 0.3) is 11.3 Å². The van der Waals surface area contributed by atoms with Gasteiger partial charge in [0.15, 0.2) is 5.13 Å². The number of hydrogen-bond acceptors (Lipinski definition) is 6. The number of amides is 2. The van der Waals surface area contributed by atoms with Gasteiger partial charge in [-0.1, -0.05) is 29.3 Å². The molecule has 2 amide bonds. The molecule has 35 heavy (non-hydrogen) atoms. The van der Waals surface area contributed by atoms with E-state index in [-0.39, 0.29) is 17.6 Å². The number of ether oxygens (including phenoxy) is 1. The Balaban J connectivity index is 1.28. The van der Waals surface area contributed by atoms with Crippen molar-refractivity contribution in [1.82, 2.24) is 4.98 Å². The lowest BCUT2D eigenvalue weighted by atomic mass is 10.2. The van der Waals surface area contributed by atoms with Crippen LogP contribution in [0, 0.1) is 0 Å². The molecule has 1 heterocycles. The van der Waals surface area contributed by atoms with Gasteiger partial charge in [-0.15, -0.1) is 23.1 Å². The summed E-state index contributed by atoms with van der Waals surface area (Å²) in [5.41, 5.74) is 2.58. The second-order valence-corrected chi connectivity index (χ2v) is 9.96. The van der Waals surface area contributed by atoms with Crippen LogP contribution in [0.15, 0.2) is 77.0 Å². The summed E-state index contributed by atoms with van der Waals surface area (Å²) in [6.07, 6.45) is 0. The van der Waals surface area contributed by atoms with E-state index in [2.05, 4.69) is 15.6 Å². The minimum atomic E-state index is -0.230. The molecule has 0 fully saturated rings. The number of carbonyl (C=O) groups is 2. The van der Waals surface area contributed by atoms with Gasteiger partial charge in [0.25, 0.3) is 5.91 Å². The molecule has 3 aromatic carbocycles. The van der Waals surface area contributed by atoms with Gasteiger partial charge in [-0.3, -0.25) is 9.59 Å². The van der Waals surface area contributed by atoms with Gasteiger partial charge in [0.1, 0.15) is 5.75 Å². The molecule has 0 aliphatic carbocycles. The van der Waals surface area contributed by atoms with Crippen LogP contribution in [0.2, 0.25) is 10.0 Å². The first-order valence-electron chi connectivity index (χ1n) is 10.3. The molecule has 0 aliphatic heterocycles. The SMILES string of the molecule is COc1cccc(C(=O)Nc2ccc(SCC(=O)Nc3nc(-c4ccc(Cl)cc4Cl)cs3)cc2)c1. The first-order valence-corrected chi connectivity index (χ1v) is 12.9. The second kappa shape index (κ2) is 11.6. The fourth-order valence-corrected chi connectivity index (χ4v) is 4.99. The van der Waals surface area contributed by atoms with Gasteiger partial charge in [-0.2, -0.15) is 0 Å². The van der Waals surface area contributed by atoms with Gasteiger partial charge in [-0.05, 0) is 60.7 Å². The monoisotopic (exact) mass is 543 g/mol. The molecule has 0 aliphatic rings. The fourth-order valence-electron chi connectivity index (χ4n) is 3.06. The highest BCUT2D eigenvalue weighted by molar-refractivity contribution is 8.00. The normalized spacial score (nSPS) is 10.6. The first-order chi connectivity index (χ1) is 16.9. The van der Waals surface area contributed by atoms with E-state index >= 15 is 0 Å². The molecule has 4 rings (SSSR count). The van der Waals surface area contributed by atoms with E-state index in [9.17, 15) is 9.59 Å². The summed E-state index contributed by atoms with van der Waals surface area (Å²) in [7, 11) is 1.55. The average Bonchev–Trinajstić information content (AvgIpc) is 3.31. The number of nitrogens with one attached hydrogen (secondary N) is 2. The van der Waals surface area contributed by atoms with Gasteiger partial charge in [-0.25, -0.2) is 4.98 Å². The van der Waals surface area contributed by atoms with Crippen LogP contribution in [0.1, 0.15) is 10.4 Å². The Bertz CT molecular complexity index is 1360. The number of carbonyl (C=O) groups excluding carboxylic acids is 2. The van der Waals surface area contributed by atoms with Crippen molar-refractivity contribution in [2.24, 2.45) is 0 Å². The Kier molecular flexibility index (Phi) is 8.30. The lowest BCUT2D eigenvalue weighted by Crippen LogP contribution is -2.13. The second-order valence-electron chi connectivity index (χ2n) is 7.21. The molecule has 0 spiro atoms. The Labute approximate surface area is 220 Å². The maximum absolute atomic E-state index is 12.4. The summed E-state index contributed by atoms with van der Waals surface area (Å²) < 4.78 is 5.16. The molecule has 0 saturated heterocycles. The number of benzene rings is 3. The summed E-state index contributed by atoms with van der Waals surface area (Å²) in [6, 6.07) is 19.4. The van der Waals surface area contributed by atoms with Crippen molar-refractivity contribution in [3.8, 4) is 17.0 Å². The van der Waals surface area contributed by atoms with Crippen molar-refractivity contribution in [2.75, 3.05) is 23.5 Å². The number of thiazole rings is 1. The highest BCUT2D eigenvalue weighted by Crippen LogP contribution is 2.32. The molecule has 0 saturated carbocycles. The standard InChI is InChI=1S/C25H19Cl2N3O3S2/c1-33-18-4-2-3-15(11-18)24(32)28-17-6-8-19(9-7-17)34-14-23(31)30-25-29-22(13-35-25)20-10-5-16(26)12-21(20)27/h2-13H,14H2,1H3,(H,28,32)(H,29,30,31). The summed E-state index contributed by atoms with van der Waals surface area (Å²) in [6.45, 7) is 0. The van der Waals surface area contributed by atoms with Crippen LogP contribution in [-0.4, -0.2) is 29.7 Å². The summed E-state index contributed by atoms with van der Waals surface area (Å²) in [5.74, 6) is 0.428. The molecular weight excluding hydrogens is 525 g/mol.